The largest absolute Gasteiger partial charge is 0.363 e. The molecule has 7 heteroatoms. The van der Waals surface area contributed by atoms with Gasteiger partial charge >= 0.3 is 5.92 Å². The second-order valence-corrected chi connectivity index (χ2v) is 6.77. The predicted octanol–water partition coefficient (Wildman–Crippen LogP) is 3.22. The summed E-state index contributed by atoms with van der Waals surface area (Å²) < 4.78 is 41.3. The molecule has 1 aliphatic heterocycles. The van der Waals surface area contributed by atoms with Gasteiger partial charge in [-0.2, -0.15) is 8.78 Å². The zero-order chi connectivity index (χ0) is 16.5. The number of halogens is 4. The van der Waals surface area contributed by atoms with E-state index in [1.54, 1.807) is 0 Å². The minimum Gasteiger partial charge on any atom is -0.363 e. The third kappa shape index (κ3) is 3.82. The molecule has 0 amide bonds. The third-order valence-corrected chi connectivity index (χ3v) is 4.50. The van der Waals surface area contributed by atoms with Crippen LogP contribution in [0.15, 0.2) is 16.6 Å². The number of alkyl halides is 2. The van der Waals surface area contributed by atoms with E-state index in [9.17, 15) is 13.2 Å². The van der Waals surface area contributed by atoms with Gasteiger partial charge in [0, 0.05) is 13.1 Å². The molecular weight excluding hydrogens is 363 g/mol. The van der Waals surface area contributed by atoms with Gasteiger partial charge in [-0.05, 0) is 58.9 Å². The Morgan fingerprint density at radius 1 is 1.41 bits per heavy atom. The maximum Gasteiger partial charge on any atom is 0.325 e. The van der Waals surface area contributed by atoms with Crippen LogP contribution in [0.4, 0.5) is 13.2 Å². The lowest BCUT2D eigenvalue weighted by atomic mass is 9.99. The van der Waals surface area contributed by atoms with Crippen molar-refractivity contribution < 1.29 is 23.4 Å². The number of likely N-dealkylation sites (tertiary alicyclic amines) is 1. The Hall–Kier alpha value is -0.630. The maximum absolute atomic E-state index is 13.9. The first-order valence-electron chi connectivity index (χ1n) is 7.16. The number of piperidine rings is 1. The number of aliphatic hydroxyl groups excluding tert-OH is 1. The zero-order valence-corrected chi connectivity index (χ0v) is 13.8. The normalized spacial score (nSPS) is 20.6. The molecular formula is C15H19BrF3NO2. The molecule has 22 heavy (non-hydrogen) atoms. The van der Waals surface area contributed by atoms with Gasteiger partial charge in [-0.15, -0.1) is 0 Å². The van der Waals surface area contributed by atoms with Crippen LogP contribution in [0, 0.1) is 11.7 Å². The van der Waals surface area contributed by atoms with E-state index in [2.05, 4.69) is 27.8 Å². The summed E-state index contributed by atoms with van der Waals surface area (Å²) in [4.78, 5) is 2.13. The molecule has 0 radical (unpaired) electrons. The molecule has 1 aliphatic rings. The van der Waals surface area contributed by atoms with Gasteiger partial charge in [-0.25, -0.2) is 4.39 Å². The lowest BCUT2D eigenvalue weighted by Gasteiger charge is -2.31. The molecule has 0 saturated carbocycles. The van der Waals surface area contributed by atoms with Crippen LogP contribution in [0.2, 0.25) is 0 Å². The standard InChI is InChI=1S/C15H19BrF3NO2/c1-9-3-2-4-20(7-9)8-10-5-11(13(17)12(16)6-10)15(18,19)14(21)22/h5-6,9,14,21-22H,2-4,7-8H2,1H3/t9-/m0/s1. The van der Waals surface area contributed by atoms with Crippen LogP contribution in [0.3, 0.4) is 0 Å². The first kappa shape index (κ1) is 17.7. The number of nitrogens with zero attached hydrogens (tertiary/aromatic N) is 1. The van der Waals surface area contributed by atoms with Crippen LogP contribution in [-0.4, -0.2) is 34.5 Å². The molecule has 1 saturated heterocycles. The van der Waals surface area contributed by atoms with Gasteiger partial charge in [-0.3, -0.25) is 4.90 Å². The van der Waals surface area contributed by atoms with Crippen LogP contribution < -0.4 is 0 Å². The van der Waals surface area contributed by atoms with Crippen LogP contribution in [0.25, 0.3) is 0 Å². The van der Waals surface area contributed by atoms with Gasteiger partial charge in [0.25, 0.3) is 0 Å². The van der Waals surface area contributed by atoms with Gasteiger partial charge in [0.1, 0.15) is 5.82 Å². The fourth-order valence-corrected chi connectivity index (χ4v) is 3.31. The van der Waals surface area contributed by atoms with Crippen LogP contribution in [0.5, 0.6) is 0 Å². The highest BCUT2D eigenvalue weighted by molar-refractivity contribution is 9.10. The quantitative estimate of drug-likeness (QED) is 0.787. The zero-order valence-electron chi connectivity index (χ0n) is 12.2. The number of aliphatic hydroxyl groups is 2. The molecule has 1 aromatic carbocycles. The summed E-state index contributed by atoms with van der Waals surface area (Å²) in [6.07, 6.45) is -0.759. The molecule has 0 bridgehead atoms. The fourth-order valence-electron chi connectivity index (χ4n) is 2.81. The summed E-state index contributed by atoms with van der Waals surface area (Å²) in [5.41, 5.74) is -0.491. The Morgan fingerprint density at radius 2 is 2.09 bits per heavy atom. The lowest BCUT2D eigenvalue weighted by molar-refractivity contribution is -0.216. The van der Waals surface area contributed by atoms with Crippen molar-refractivity contribution in [3.63, 3.8) is 0 Å². The first-order chi connectivity index (χ1) is 10.2. The maximum atomic E-state index is 13.9. The number of hydrogen-bond acceptors (Lipinski definition) is 3. The summed E-state index contributed by atoms with van der Waals surface area (Å²) in [7, 11) is 0. The fraction of sp³-hybridized carbons (Fsp3) is 0.600. The summed E-state index contributed by atoms with van der Waals surface area (Å²) in [5, 5.41) is 17.6. The minimum atomic E-state index is -4.06. The number of rotatable bonds is 4. The van der Waals surface area contributed by atoms with Crippen LogP contribution >= 0.6 is 15.9 Å². The first-order valence-corrected chi connectivity index (χ1v) is 7.95. The Labute approximate surface area is 135 Å². The van der Waals surface area contributed by atoms with E-state index in [0.29, 0.717) is 18.0 Å². The third-order valence-electron chi connectivity index (χ3n) is 3.92. The average Bonchev–Trinajstić information content (AvgIpc) is 2.42. The van der Waals surface area contributed by atoms with Gasteiger partial charge in [0.05, 0.1) is 10.0 Å². The summed E-state index contributed by atoms with van der Waals surface area (Å²) in [6, 6.07) is 2.47. The monoisotopic (exact) mass is 381 g/mol. The molecule has 1 atom stereocenters. The highest BCUT2D eigenvalue weighted by atomic mass is 79.9. The Morgan fingerprint density at radius 3 is 2.68 bits per heavy atom. The Kier molecular flexibility index (Phi) is 5.53. The van der Waals surface area contributed by atoms with Gasteiger partial charge in [0.2, 0.25) is 6.29 Å². The molecule has 0 spiro atoms. The van der Waals surface area contributed by atoms with Crippen molar-refractivity contribution in [2.45, 2.75) is 38.5 Å². The van der Waals surface area contributed by atoms with E-state index in [1.165, 1.54) is 6.07 Å². The smallest absolute Gasteiger partial charge is 0.325 e. The van der Waals surface area contributed by atoms with Crippen LogP contribution in [-0.2, 0) is 12.5 Å². The molecule has 3 nitrogen and oxygen atoms in total. The van der Waals surface area contributed by atoms with Crippen molar-refractivity contribution in [3.8, 4) is 0 Å². The Bertz CT molecular complexity index is 540. The van der Waals surface area contributed by atoms with E-state index in [-0.39, 0.29) is 4.47 Å². The number of benzene rings is 1. The van der Waals surface area contributed by atoms with E-state index < -0.39 is 23.6 Å². The van der Waals surface area contributed by atoms with Crippen molar-refractivity contribution in [2.75, 3.05) is 13.1 Å². The van der Waals surface area contributed by atoms with Crippen molar-refractivity contribution >= 4 is 15.9 Å². The van der Waals surface area contributed by atoms with Gasteiger partial charge < -0.3 is 10.2 Å². The predicted molar refractivity (Wildman–Crippen MR) is 79.9 cm³/mol. The van der Waals surface area contributed by atoms with Crippen LogP contribution in [0.1, 0.15) is 30.9 Å². The van der Waals surface area contributed by atoms with E-state index in [4.69, 9.17) is 10.2 Å². The molecule has 2 rings (SSSR count). The average molecular weight is 382 g/mol. The van der Waals surface area contributed by atoms with Crippen molar-refractivity contribution in [1.82, 2.24) is 4.90 Å². The SMILES string of the molecule is C[C@H]1CCCN(Cc2cc(Br)c(F)c(C(F)(F)C(O)O)c2)C1. The van der Waals surface area contributed by atoms with Gasteiger partial charge in [0.15, 0.2) is 0 Å². The van der Waals surface area contributed by atoms with Crippen molar-refractivity contribution in [1.29, 1.82) is 0 Å². The second kappa shape index (κ2) is 6.86. The molecule has 1 aromatic rings. The minimum absolute atomic E-state index is 0.106. The van der Waals surface area contributed by atoms with Crippen molar-refractivity contribution in [2.24, 2.45) is 5.92 Å². The lowest BCUT2D eigenvalue weighted by Crippen LogP contribution is -2.34. The van der Waals surface area contributed by atoms with E-state index in [1.807, 2.05) is 0 Å². The topological polar surface area (TPSA) is 43.7 Å². The molecule has 1 fully saturated rings. The second-order valence-electron chi connectivity index (χ2n) is 5.92. The Balaban J connectivity index is 2.28. The molecule has 2 N–H and O–H groups in total. The molecule has 0 unspecified atom stereocenters. The molecule has 1 heterocycles. The van der Waals surface area contributed by atoms with Gasteiger partial charge in [-0.1, -0.05) is 6.92 Å². The molecule has 0 aliphatic carbocycles. The van der Waals surface area contributed by atoms with E-state index in [0.717, 1.165) is 32.0 Å². The highest BCUT2D eigenvalue weighted by Gasteiger charge is 2.42. The van der Waals surface area contributed by atoms with Crippen molar-refractivity contribution in [3.05, 3.63) is 33.5 Å². The number of hydrogen-bond donors (Lipinski definition) is 2. The highest BCUT2D eigenvalue weighted by Crippen LogP contribution is 2.36. The molecule has 0 aromatic heterocycles. The summed E-state index contributed by atoms with van der Waals surface area (Å²) in [6.45, 7) is 4.29. The van der Waals surface area contributed by atoms with E-state index >= 15 is 0 Å². The summed E-state index contributed by atoms with van der Waals surface area (Å²) >= 11 is 2.93. The summed E-state index contributed by atoms with van der Waals surface area (Å²) in [5.74, 6) is -4.69. The molecule has 124 valence electrons.